The number of nitrogens with two attached hydrogens (primary N) is 1. The summed E-state index contributed by atoms with van der Waals surface area (Å²) in [6.07, 6.45) is 0.399. The molecule has 2 N–H and O–H groups in total. The lowest BCUT2D eigenvalue weighted by Gasteiger charge is -2.42. The summed E-state index contributed by atoms with van der Waals surface area (Å²) in [7, 11) is 0. The average molecular weight is 266 g/mol. The number of nitrogens with zero attached hydrogens (tertiary/aromatic N) is 1. The number of rotatable bonds is 3. The highest BCUT2D eigenvalue weighted by atomic mass is 19.1. The molecule has 1 fully saturated rings. The molecule has 1 aliphatic heterocycles. The summed E-state index contributed by atoms with van der Waals surface area (Å²) in [6, 6.07) is 6.75. The van der Waals surface area contributed by atoms with Crippen LogP contribution < -0.4 is 5.73 Å². The van der Waals surface area contributed by atoms with Crippen LogP contribution in [0.4, 0.5) is 4.39 Å². The van der Waals surface area contributed by atoms with Crippen LogP contribution in [0.2, 0.25) is 0 Å². The van der Waals surface area contributed by atoms with E-state index in [1.165, 1.54) is 12.1 Å². The zero-order chi connectivity index (χ0) is 14.0. The molecule has 1 aromatic carbocycles. The molecule has 0 aromatic heterocycles. The van der Waals surface area contributed by atoms with E-state index in [1.54, 1.807) is 0 Å². The molecule has 0 aliphatic carbocycles. The van der Waals surface area contributed by atoms with Crippen LogP contribution >= 0.6 is 0 Å². The lowest BCUT2D eigenvalue weighted by atomic mass is 9.97. The highest BCUT2D eigenvalue weighted by Crippen LogP contribution is 2.27. The average Bonchev–Trinajstić information content (AvgIpc) is 2.30. The summed E-state index contributed by atoms with van der Waals surface area (Å²) in [4.78, 5) is 2.34. The molecule has 2 unspecified atom stereocenters. The Kier molecular flexibility index (Phi) is 4.55. The lowest BCUT2D eigenvalue weighted by Crippen LogP contribution is -2.50. The van der Waals surface area contributed by atoms with Gasteiger partial charge < -0.3 is 10.5 Å². The van der Waals surface area contributed by atoms with Gasteiger partial charge in [0.25, 0.3) is 0 Å². The van der Waals surface area contributed by atoms with E-state index in [-0.39, 0.29) is 30.1 Å². The van der Waals surface area contributed by atoms with Crippen LogP contribution in [-0.4, -0.2) is 36.2 Å². The Balaban J connectivity index is 2.22. The molecule has 106 valence electrons. The standard InChI is InChI=1S/C15H23FN2O/c1-10-8-18(9-11(2)19-10)15(12(3)17)13-4-6-14(16)7-5-13/h4-7,10-12,15H,8-9,17H2,1-3H3/t10-,11+,12?,15?. The number of hydrogen-bond donors (Lipinski definition) is 1. The SMILES string of the molecule is CC(N)C(c1ccc(F)cc1)N1C[C@@H](C)O[C@@H](C)C1. The van der Waals surface area contributed by atoms with Crippen molar-refractivity contribution in [2.45, 2.75) is 45.1 Å². The fourth-order valence-corrected chi connectivity index (χ4v) is 2.95. The van der Waals surface area contributed by atoms with Gasteiger partial charge in [0, 0.05) is 25.2 Å². The molecule has 1 aromatic rings. The van der Waals surface area contributed by atoms with Gasteiger partial charge in [0.05, 0.1) is 12.2 Å². The van der Waals surface area contributed by atoms with Crippen LogP contribution in [0.25, 0.3) is 0 Å². The van der Waals surface area contributed by atoms with Crippen LogP contribution in [0, 0.1) is 5.82 Å². The van der Waals surface area contributed by atoms with Gasteiger partial charge in [-0.3, -0.25) is 4.90 Å². The minimum Gasteiger partial charge on any atom is -0.373 e. The quantitative estimate of drug-likeness (QED) is 0.912. The maximum Gasteiger partial charge on any atom is 0.123 e. The number of halogens is 1. The van der Waals surface area contributed by atoms with Crippen LogP contribution in [0.15, 0.2) is 24.3 Å². The first-order valence-electron chi connectivity index (χ1n) is 6.88. The normalized spacial score (nSPS) is 28.1. The summed E-state index contributed by atoms with van der Waals surface area (Å²) in [6.45, 7) is 7.86. The fraction of sp³-hybridized carbons (Fsp3) is 0.600. The van der Waals surface area contributed by atoms with E-state index in [0.717, 1.165) is 18.7 Å². The minimum absolute atomic E-state index is 0.0111. The molecule has 1 heterocycles. The van der Waals surface area contributed by atoms with Crippen molar-refractivity contribution in [1.82, 2.24) is 4.90 Å². The minimum atomic E-state index is -0.212. The highest BCUT2D eigenvalue weighted by Gasteiger charge is 2.30. The van der Waals surface area contributed by atoms with Crippen molar-refractivity contribution in [3.63, 3.8) is 0 Å². The summed E-state index contributed by atoms with van der Waals surface area (Å²) in [5.41, 5.74) is 7.22. The Morgan fingerprint density at radius 2 is 1.74 bits per heavy atom. The molecular weight excluding hydrogens is 243 g/mol. The van der Waals surface area contributed by atoms with Gasteiger partial charge in [-0.15, -0.1) is 0 Å². The molecule has 0 spiro atoms. The number of benzene rings is 1. The zero-order valence-electron chi connectivity index (χ0n) is 11.8. The van der Waals surface area contributed by atoms with Gasteiger partial charge in [-0.05, 0) is 38.5 Å². The molecule has 4 heteroatoms. The fourth-order valence-electron chi connectivity index (χ4n) is 2.95. The number of ether oxygens (including phenoxy) is 1. The molecule has 2 rings (SSSR count). The molecule has 1 aliphatic rings. The third-order valence-corrected chi connectivity index (χ3v) is 3.55. The smallest absolute Gasteiger partial charge is 0.123 e. The van der Waals surface area contributed by atoms with E-state index >= 15 is 0 Å². The Hall–Kier alpha value is -0.970. The summed E-state index contributed by atoms with van der Waals surface area (Å²) in [5.74, 6) is -0.212. The Morgan fingerprint density at radius 3 is 2.21 bits per heavy atom. The maximum atomic E-state index is 13.1. The summed E-state index contributed by atoms with van der Waals surface area (Å²) in [5, 5.41) is 0. The second kappa shape index (κ2) is 5.99. The van der Waals surface area contributed by atoms with E-state index in [4.69, 9.17) is 10.5 Å². The molecule has 0 amide bonds. The van der Waals surface area contributed by atoms with Gasteiger partial charge >= 0.3 is 0 Å². The first kappa shape index (κ1) is 14.4. The van der Waals surface area contributed by atoms with Crippen LogP contribution in [0.1, 0.15) is 32.4 Å². The van der Waals surface area contributed by atoms with Gasteiger partial charge in [0.15, 0.2) is 0 Å². The van der Waals surface area contributed by atoms with Crippen molar-refractivity contribution in [2.75, 3.05) is 13.1 Å². The molecule has 19 heavy (non-hydrogen) atoms. The van der Waals surface area contributed by atoms with Crippen LogP contribution in [0.3, 0.4) is 0 Å². The lowest BCUT2D eigenvalue weighted by molar-refractivity contribution is -0.0831. The van der Waals surface area contributed by atoms with Crippen molar-refractivity contribution >= 4 is 0 Å². The molecule has 0 radical (unpaired) electrons. The Bertz CT molecular complexity index is 397. The van der Waals surface area contributed by atoms with Crippen molar-refractivity contribution in [1.29, 1.82) is 0 Å². The third kappa shape index (κ3) is 3.53. The molecular formula is C15H23FN2O. The van der Waals surface area contributed by atoms with Gasteiger partial charge in [0.2, 0.25) is 0 Å². The first-order chi connectivity index (χ1) is 8.97. The van der Waals surface area contributed by atoms with Crippen molar-refractivity contribution < 1.29 is 9.13 Å². The monoisotopic (exact) mass is 266 g/mol. The Morgan fingerprint density at radius 1 is 1.21 bits per heavy atom. The largest absolute Gasteiger partial charge is 0.373 e. The van der Waals surface area contributed by atoms with E-state index < -0.39 is 0 Å². The predicted octanol–water partition coefficient (Wildman–Crippen LogP) is 2.32. The Labute approximate surface area is 114 Å². The van der Waals surface area contributed by atoms with Crippen LogP contribution in [0.5, 0.6) is 0 Å². The van der Waals surface area contributed by atoms with Gasteiger partial charge in [-0.1, -0.05) is 12.1 Å². The van der Waals surface area contributed by atoms with E-state index in [1.807, 2.05) is 19.1 Å². The summed E-state index contributed by atoms with van der Waals surface area (Å²) >= 11 is 0. The van der Waals surface area contributed by atoms with Gasteiger partial charge in [0.1, 0.15) is 5.82 Å². The predicted molar refractivity (Wildman–Crippen MR) is 74.4 cm³/mol. The van der Waals surface area contributed by atoms with Gasteiger partial charge in [-0.25, -0.2) is 4.39 Å². The maximum absolute atomic E-state index is 13.1. The van der Waals surface area contributed by atoms with Crippen molar-refractivity contribution in [3.8, 4) is 0 Å². The van der Waals surface area contributed by atoms with Gasteiger partial charge in [-0.2, -0.15) is 0 Å². The molecule has 3 nitrogen and oxygen atoms in total. The molecule has 1 saturated heterocycles. The zero-order valence-corrected chi connectivity index (χ0v) is 11.8. The summed E-state index contributed by atoms with van der Waals surface area (Å²) < 4.78 is 18.8. The van der Waals surface area contributed by atoms with E-state index in [0.29, 0.717) is 0 Å². The van der Waals surface area contributed by atoms with E-state index in [9.17, 15) is 4.39 Å². The molecule has 0 saturated carbocycles. The first-order valence-corrected chi connectivity index (χ1v) is 6.88. The number of hydrogen-bond acceptors (Lipinski definition) is 3. The second-order valence-corrected chi connectivity index (χ2v) is 5.57. The van der Waals surface area contributed by atoms with Crippen molar-refractivity contribution in [3.05, 3.63) is 35.6 Å². The van der Waals surface area contributed by atoms with E-state index in [2.05, 4.69) is 18.7 Å². The second-order valence-electron chi connectivity index (χ2n) is 5.57. The highest BCUT2D eigenvalue weighted by molar-refractivity contribution is 5.21. The third-order valence-electron chi connectivity index (χ3n) is 3.55. The number of morpholine rings is 1. The van der Waals surface area contributed by atoms with Crippen LogP contribution in [-0.2, 0) is 4.74 Å². The topological polar surface area (TPSA) is 38.5 Å². The van der Waals surface area contributed by atoms with Crippen molar-refractivity contribution in [2.24, 2.45) is 5.73 Å². The molecule has 0 bridgehead atoms. The molecule has 4 atom stereocenters.